The minimum Gasteiger partial charge on any atom is -0.384 e. The van der Waals surface area contributed by atoms with E-state index in [0.717, 1.165) is 25.2 Å². The molecule has 2 nitrogen and oxygen atoms in total. The summed E-state index contributed by atoms with van der Waals surface area (Å²) in [7, 11) is 0. The van der Waals surface area contributed by atoms with Crippen LogP contribution in [0.4, 0.5) is 0 Å². The highest BCUT2D eigenvalue weighted by Gasteiger charge is 1.98. The molecule has 0 spiro atoms. The molecule has 0 bridgehead atoms. The molecule has 1 atom stereocenters. The van der Waals surface area contributed by atoms with E-state index in [2.05, 4.69) is 49.7 Å². The molecule has 0 aromatic carbocycles. The lowest BCUT2D eigenvalue weighted by atomic mass is 10.0. The van der Waals surface area contributed by atoms with Gasteiger partial charge in [0.25, 0.3) is 0 Å². The molecule has 0 aromatic rings. The first-order valence-electron chi connectivity index (χ1n) is 10.6. The summed E-state index contributed by atoms with van der Waals surface area (Å²) < 4.78 is 0. The van der Waals surface area contributed by atoms with Crippen LogP contribution in [-0.4, -0.2) is 22.9 Å². The molecule has 0 radical (unpaired) electrons. The predicted molar refractivity (Wildman–Crippen MR) is 113 cm³/mol. The molecule has 0 saturated carbocycles. The van der Waals surface area contributed by atoms with Crippen molar-refractivity contribution in [2.24, 2.45) is 5.92 Å². The maximum absolute atomic E-state index is 9.65. The summed E-state index contributed by atoms with van der Waals surface area (Å²) in [5.41, 5.74) is 0. The summed E-state index contributed by atoms with van der Waals surface area (Å²) in [6.45, 7) is 4.41. The topological polar surface area (TPSA) is 40.5 Å². The second-order valence-corrected chi connectivity index (χ2v) is 7.45. The lowest BCUT2D eigenvalue weighted by molar-refractivity contribution is 0.217. The van der Waals surface area contributed by atoms with E-state index in [0.29, 0.717) is 0 Å². The van der Waals surface area contributed by atoms with Crippen LogP contribution >= 0.6 is 0 Å². The fraction of sp³-hybridized carbons (Fsp3) is 0.750. The lowest BCUT2D eigenvalue weighted by Gasteiger charge is -2.03. The Labute approximate surface area is 162 Å². The van der Waals surface area contributed by atoms with Crippen molar-refractivity contribution in [1.29, 1.82) is 0 Å². The van der Waals surface area contributed by atoms with Gasteiger partial charge in [-0.15, -0.1) is 0 Å². The first-order valence-corrected chi connectivity index (χ1v) is 10.6. The van der Waals surface area contributed by atoms with E-state index in [1.165, 1.54) is 64.2 Å². The Hall–Kier alpha value is -1.22. The number of rotatable bonds is 15. The maximum Gasteiger partial charge on any atom is 0.115 e. The molecule has 0 aliphatic carbocycles. The van der Waals surface area contributed by atoms with E-state index in [-0.39, 0.29) is 6.61 Å². The Morgan fingerprint density at radius 2 is 1.27 bits per heavy atom. The van der Waals surface area contributed by atoms with Crippen LogP contribution in [-0.2, 0) is 0 Å². The van der Waals surface area contributed by atoms with Crippen molar-refractivity contribution < 1.29 is 10.2 Å². The Balaban J connectivity index is 3.29. The van der Waals surface area contributed by atoms with E-state index in [1.54, 1.807) is 0 Å². The number of aliphatic hydroxyl groups excluding tert-OH is 2. The molecule has 0 aliphatic heterocycles. The van der Waals surface area contributed by atoms with E-state index in [1.807, 2.05) is 0 Å². The van der Waals surface area contributed by atoms with Gasteiger partial charge in [0.2, 0.25) is 0 Å². The van der Waals surface area contributed by atoms with Gasteiger partial charge in [-0.05, 0) is 56.3 Å². The van der Waals surface area contributed by atoms with Crippen molar-refractivity contribution in [3.05, 3.63) is 12.2 Å². The van der Waals surface area contributed by atoms with Gasteiger partial charge in [-0.25, -0.2) is 0 Å². The van der Waals surface area contributed by atoms with Crippen LogP contribution in [0, 0.1) is 29.6 Å². The zero-order valence-corrected chi connectivity index (χ0v) is 17.1. The Morgan fingerprint density at radius 3 is 1.88 bits per heavy atom. The molecule has 0 aromatic heterocycles. The van der Waals surface area contributed by atoms with Gasteiger partial charge in [0.05, 0.1) is 0 Å². The standard InChI is InChI=1S/C24H40O2/c1-23(2)19-15-12-10-8-6-4-3-5-7-9-11-13-16-20-24(26)21-17-14-18-22-25/h6,8,23-26H,3-5,7,9-13,15-16,19-20,22H2,1-2H3. The summed E-state index contributed by atoms with van der Waals surface area (Å²) in [6, 6.07) is 0. The molecule has 26 heavy (non-hydrogen) atoms. The van der Waals surface area contributed by atoms with E-state index in [9.17, 15) is 5.11 Å². The first kappa shape index (κ1) is 24.8. The van der Waals surface area contributed by atoms with Gasteiger partial charge in [0, 0.05) is 0 Å². The summed E-state index contributed by atoms with van der Waals surface area (Å²) in [5.74, 6) is 11.0. The number of allylic oxidation sites excluding steroid dienone is 2. The fourth-order valence-electron chi connectivity index (χ4n) is 2.81. The highest BCUT2D eigenvalue weighted by atomic mass is 16.3. The molecule has 0 heterocycles. The van der Waals surface area contributed by atoms with Gasteiger partial charge < -0.3 is 10.2 Å². The molecule has 0 saturated heterocycles. The molecule has 0 rings (SSSR count). The van der Waals surface area contributed by atoms with Gasteiger partial charge in [0.1, 0.15) is 12.7 Å². The molecule has 0 fully saturated rings. The van der Waals surface area contributed by atoms with Crippen molar-refractivity contribution in [2.75, 3.05) is 6.61 Å². The SMILES string of the molecule is CC(C)CCCCC=CCCCCCCCCCC(O)C#CC#CCO. The van der Waals surface area contributed by atoms with Crippen molar-refractivity contribution in [3.8, 4) is 23.7 Å². The molecule has 0 aliphatic rings. The number of hydrogen-bond donors (Lipinski definition) is 2. The Morgan fingerprint density at radius 1 is 0.731 bits per heavy atom. The predicted octanol–water partition coefficient (Wildman–Crippen LogP) is 5.63. The van der Waals surface area contributed by atoms with Crippen LogP contribution in [0.5, 0.6) is 0 Å². The highest BCUT2D eigenvalue weighted by Crippen LogP contribution is 2.12. The lowest BCUT2D eigenvalue weighted by Crippen LogP contribution is -2.01. The van der Waals surface area contributed by atoms with Crippen molar-refractivity contribution in [2.45, 2.75) is 103 Å². The summed E-state index contributed by atoms with van der Waals surface area (Å²) in [6.07, 6.45) is 20.1. The third-order valence-corrected chi connectivity index (χ3v) is 4.39. The van der Waals surface area contributed by atoms with Crippen LogP contribution in [0.15, 0.2) is 12.2 Å². The average Bonchev–Trinajstić information content (AvgIpc) is 2.61. The van der Waals surface area contributed by atoms with Gasteiger partial charge in [0.15, 0.2) is 0 Å². The monoisotopic (exact) mass is 360 g/mol. The number of unbranched alkanes of at least 4 members (excludes halogenated alkanes) is 9. The first-order chi connectivity index (χ1) is 12.7. The smallest absolute Gasteiger partial charge is 0.115 e. The van der Waals surface area contributed by atoms with Crippen LogP contribution < -0.4 is 0 Å². The van der Waals surface area contributed by atoms with E-state index in [4.69, 9.17) is 5.11 Å². The summed E-state index contributed by atoms with van der Waals surface area (Å²) in [5, 5.41) is 18.1. The average molecular weight is 361 g/mol. The normalized spacial score (nSPS) is 11.9. The highest BCUT2D eigenvalue weighted by molar-refractivity contribution is 5.27. The molecule has 1 unspecified atom stereocenters. The summed E-state index contributed by atoms with van der Waals surface area (Å²) >= 11 is 0. The Bertz CT molecular complexity index is 442. The zero-order chi connectivity index (χ0) is 19.3. The summed E-state index contributed by atoms with van der Waals surface area (Å²) in [4.78, 5) is 0. The fourth-order valence-corrected chi connectivity index (χ4v) is 2.81. The van der Waals surface area contributed by atoms with Crippen molar-refractivity contribution >= 4 is 0 Å². The third-order valence-electron chi connectivity index (χ3n) is 4.39. The molecule has 2 heteroatoms. The Kier molecular flexibility index (Phi) is 19.2. The van der Waals surface area contributed by atoms with Gasteiger partial charge in [-0.1, -0.05) is 82.8 Å². The largest absolute Gasteiger partial charge is 0.384 e. The van der Waals surface area contributed by atoms with Crippen LogP contribution in [0.1, 0.15) is 97.3 Å². The second-order valence-electron chi connectivity index (χ2n) is 7.45. The van der Waals surface area contributed by atoms with Gasteiger partial charge in [-0.2, -0.15) is 0 Å². The van der Waals surface area contributed by atoms with Crippen molar-refractivity contribution in [3.63, 3.8) is 0 Å². The second kappa shape index (κ2) is 20.1. The maximum atomic E-state index is 9.65. The number of hydrogen-bond acceptors (Lipinski definition) is 2. The molecule has 2 N–H and O–H groups in total. The van der Waals surface area contributed by atoms with Crippen LogP contribution in [0.2, 0.25) is 0 Å². The van der Waals surface area contributed by atoms with Crippen molar-refractivity contribution in [1.82, 2.24) is 0 Å². The van der Waals surface area contributed by atoms with E-state index < -0.39 is 6.10 Å². The van der Waals surface area contributed by atoms with Gasteiger partial charge in [-0.3, -0.25) is 0 Å². The third kappa shape index (κ3) is 20.8. The zero-order valence-electron chi connectivity index (χ0n) is 17.1. The minimum absolute atomic E-state index is 0.181. The van der Waals surface area contributed by atoms with E-state index >= 15 is 0 Å². The molecular formula is C24H40O2. The van der Waals surface area contributed by atoms with Crippen LogP contribution in [0.3, 0.4) is 0 Å². The molecule has 148 valence electrons. The van der Waals surface area contributed by atoms with Gasteiger partial charge >= 0.3 is 0 Å². The number of aliphatic hydroxyl groups is 2. The minimum atomic E-state index is -0.583. The molecular weight excluding hydrogens is 320 g/mol. The molecule has 0 amide bonds. The quantitative estimate of drug-likeness (QED) is 0.226. The van der Waals surface area contributed by atoms with Crippen LogP contribution in [0.25, 0.3) is 0 Å².